The molecule has 0 aromatic heterocycles. The summed E-state index contributed by atoms with van der Waals surface area (Å²) >= 11 is 13.9. The Hall–Kier alpha value is -1.62. The molecule has 0 fully saturated rings. The Morgan fingerprint density at radius 2 is 1.73 bits per heavy atom. The van der Waals surface area contributed by atoms with E-state index in [0.29, 0.717) is 10.0 Å². The van der Waals surface area contributed by atoms with Crippen LogP contribution in [0.5, 0.6) is 5.75 Å². The van der Waals surface area contributed by atoms with Gasteiger partial charge in [0.15, 0.2) is 0 Å². The zero-order chi connectivity index (χ0) is 15.5. The molecule has 0 saturated carbocycles. The van der Waals surface area contributed by atoms with E-state index in [1.54, 1.807) is 19.2 Å². The zero-order valence-corrected chi connectivity index (χ0v) is 14.0. The van der Waals surface area contributed by atoms with E-state index >= 15 is 0 Å². The Labute approximate surface area is 143 Å². The van der Waals surface area contributed by atoms with Crippen molar-refractivity contribution in [2.45, 2.75) is 0 Å². The number of halogens is 2. The molecule has 0 unspecified atom stereocenters. The fourth-order valence-electron chi connectivity index (χ4n) is 2.00. The van der Waals surface area contributed by atoms with Crippen molar-refractivity contribution in [3.05, 3.63) is 69.0 Å². The van der Waals surface area contributed by atoms with Gasteiger partial charge in [-0.25, -0.2) is 0 Å². The van der Waals surface area contributed by atoms with Gasteiger partial charge in [0.1, 0.15) is 10.8 Å². The number of benzene rings is 2. The summed E-state index contributed by atoms with van der Waals surface area (Å²) < 4.78 is 5.16. The van der Waals surface area contributed by atoms with E-state index in [4.69, 9.17) is 27.9 Å². The Morgan fingerprint density at radius 3 is 2.27 bits per heavy atom. The number of hydrazone groups is 1. The van der Waals surface area contributed by atoms with Crippen LogP contribution in [0.25, 0.3) is 5.70 Å². The van der Waals surface area contributed by atoms with E-state index in [0.717, 1.165) is 27.6 Å². The fourth-order valence-corrected chi connectivity index (χ4v) is 3.54. The van der Waals surface area contributed by atoms with Crippen molar-refractivity contribution in [3.8, 4) is 5.75 Å². The maximum Gasteiger partial charge on any atom is 0.131 e. The molecule has 0 atom stereocenters. The number of ether oxygens (including phenoxy) is 1. The maximum absolute atomic E-state index is 6.21. The monoisotopic (exact) mass is 350 g/mol. The molecule has 1 N–H and O–H groups in total. The first-order chi connectivity index (χ1) is 10.7. The molecule has 6 heteroatoms. The number of methoxy groups -OCH3 is 1. The van der Waals surface area contributed by atoms with E-state index in [2.05, 4.69) is 10.5 Å². The first-order valence-electron chi connectivity index (χ1n) is 6.48. The summed E-state index contributed by atoms with van der Waals surface area (Å²) in [5, 5.41) is 8.29. The molecule has 1 aliphatic rings. The van der Waals surface area contributed by atoms with Gasteiger partial charge < -0.3 is 4.74 Å². The van der Waals surface area contributed by atoms with Crippen LogP contribution >= 0.6 is 35.0 Å². The van der Waals surface area contributed by atoms with E-state index in [1.807, 2.05) is 35.7 Å². The molecule has 0 radical (unpaired) electrons. The number of nitrogens with zero attached hydrogens (tertiary/aromatic N) is 1. The SMILES string of the molecule is COc1ccc(C2=CSC(c3c(Cl)cccc3Cl)=NN2)cc1. The van der Waals surface area contributed by atoms with E-state index < -0.39 is 0 Å². The van der Waals surface area contributed by atoms with Crippen LogP contribution in [0.3, 0.4) is 0 Å². The topological polar surface area (TPSA) is 33.6 Å². The van der Waals surface area contributed by atoms with Crippen LogP contribution in [-0.4, -0.2) is 12.2 Å². The van der Waals surface area contributed by atoms with E-state index in [1.165, 1.54) is 11.8 Å². The second-order valence-corrected chi connectivity index (χ2v) is 6.18. The van der Waals surface area contributed by atoms with Gasteiger partial charge in [0.2, 0.25) is 0 Å². The number of rotatable bonds is 3. The second kappa shape index (κ2) is 6.65. The molecule has 0 bridgehead atoms. The molecule has 2 aromatic rings. The lowest BCUT2D eigenvalue weighted by Crippen LogP contribution is -2.13. The Morgan fingerprint density at radius 1 is 1.05 bits per heavy atom. The van der Waals surface area contributed by atoms with Gasteiger partial charge in [-0.2, -0.15) is 5.10 Å². The predicted molar refractivity (Wildman–Crippen MR) is 94.7 cm³/mol. The smallest absolute Gasteiger partial charge is 0.131 e. The van der Waals surface area contributed by atoms with Crippen LogP contribution < -0.4 is 10.2 Å². The highest BCUT2D eigenvalue weighted by atomic mass is 35.5. The lowest BCUT2D eigenvalue weighted by atomic mass is 10.2. The van der Waals surface area contributed by atoms with Gasteiger partial charge in [-0.3, -0.25) is 5.43 Å². The molecule has 0 amide bonds. The van der Waals surface area contributed by atoms with Gasteiger partial charge in [-0.05, 0) is 36.4 Å². The normalized spacial score (nSPS) is 14.0. The quantitative estimate of drug-likeness (QED) is 0.845. The van der Waals surface area contributed by atoms with Gasteiger partial charge >= 0.3 is 0 Å². The molecule has 3 rings (SSSR count). The number of nitrogens with one attached hydrogen (secondary N) is 1. The average Bonchev–Trinajstić information content (AvgIpc) is 2.55. The van der Waals surface area contributed by atoms with Crippen LogP contribution in [-0.2, 0) is 0 Å². The minimum absolute atomic E-state index is 0.585. The molecular formula is C16H12Cl2N2OS. The Balaban J connectivity index is 1.81. The molecule has 3 nitrogen and oxygen atoms in total. The largest absolute Gasteiger partial charge is 0.497 e. The lowest BCUT2D eigenvalue weighted by molar-refractivity contribution is 0.415. The molecule has 1 heterocycles. The highest BCUT2D eigenvalue weighted by Gasteiger charge is 2.16. The number of thioether (sulfide) groups is 1. The molecule has 22 heavy (non-hydrogen) atoms. The summed E-state index contributed by atoms with van der Waals surface area (Å²) in [5.74, 6) is 0.819. The van der Waals surface area contributed by atoms with Crippen LogP contribution in [0.1, 0.15) is 11.1 Å². The number of hydrogen-bond donors (Lipinski definition) is 1. The van der Waals surface area contributed by atoms with Crippen molar-refractivity contribution < 1.29 is 4.74 Å². The van der Waals surface area contributed by atoms with E-state index in [-0.39, 0.29) is 0 Å². The van der Waals surface area contributed by atoms with Crippen molar-refractivity contribution in [2.75, 3.05) is 7.11 Å². The standard InChI is InChI=1S/C16H12Cl2N2OS/c1-21-11-7-5-10(6-8-11)14-9-22-16(20-19-14)15-12(17)3-2-4-13(15)18/h2-9,19H,1H3. The van der Waals surface area contributed by atoms with Gasteiger partial charge in [0.25, 0.3) is 0 Å². The van der Waals surface area contributed by atoms with Crippen molar-refractivity contribution in [2.24, 2.45) is 5.10 Å². The van der Waals surface area contributed by atoms with Crippen LogP contribution in [0, 0.1) is 0 Å². The second-order valence-electron chi connectivity index (χ2n) is 4.50. The Kier molecular flexibility index (Phi) is 4.62. The average molecular weight is 351 g/mol. The van der Waals surface area contributed by atoms with Crippen LogP contribution in [0.2, 0.25) is 10.0 Å². The lowest BCUT2D eigenvalue weighted by Gasteiger charge is -2.16. The summed E-state index contributed by atoms with van der Waals surface area (Å²) in [4.78, 5) is 0. The third-order valence-corrected chi connectivity index (χ3v) is 4.65. The summed E-state index contributed by atoms with van der Waals surface area (Å²) in [6.07, 6.45) is 0. The first-order valence-corrected chi connectivity index (χ1v) is 8.12. The third kappa shape index (κ3) is 3.09. The van der Waals surface area contributed by atoms with E-state index in [9.17, 15) is 0 Å². The molecule has 112 valence electrons. The van der Waals surface area contributed by atoms with Crippen molar-refractivity contribution in [1.82, 2.24) is 5.43 Å². The fraction of sp³-hybridized carbons (Fsp3) is 0.0625. The molecule has 0 spiro atoms. The van der Waals surface area contributed by atoms with Crippen LogP contribution in [0.15, 0.2) is 53.0 Å². The van der Waals surface area contributed by atoms with Crippen molar-refractivity contribution in [1.29, 1.82) is 0 Å². The molecular weight excluding hydrogens is 339 g/mol. The molecule has 2 aromatic carbocycles. The zero-order valence-electron chi connectivity index (χ0n) is 11.6. The molecule has 0 saturated heterocycles. The molecule has 0 aliphatic carbocycles. The van der Waals surface area contributed by atoms with Crippen molar-refractivity contribution >= 4 is 45.7 Å². The maximum atomic E-state index is 6.21. The summed E-state index contributed by atoms with van der Waals surface area (Å²) in [7, 11) is 1.65. The molecule has 1 aliphatic heterocycles. The highest BCUT2D eigenvalue weighted by molar-refractivity contribution is 8.17. The first kappa shape index (κ1) is 15.3. The predicted octanol–water partition coefficient (Wildman–Crippen LogP) is 5.00. The van der Waals surface area contributed by atoms with Gasteiger partial charge in [-0.1, -0.05) is 41.0 Å². The van der Waals surface area contributed by atoms with Gasteiger partial charge in [-0.15, -0.1) is 0 Å². The van der Waals surface area contributed by atoms with Gasteiger partial charge in [0, 0.05) is 16.5 Å². The summed E-state index contributed by atoms with van der Waals surface area (Å²) in [6, 6.07) is 13.2. The summed E-state index contributed by atoms with van der Waals surface area (Å²) in [5.41, 5.74) is 5.74. The third-order valence-electron chi connectivity index (χ3n) is 3.14. The van der Waals surface area contributed by atoms with Gasteiger partial charge in [0.05, 0.1) is 22.9 Å². The number of hydrogen-bond acceptors (Lipinski definition) is 4. The summed E-state index contributed by atoms with van der Waals surface area (Å²) in [6.45, 7) is 0. The van der Waals surface area contributed by atoms with Crippen LogP contribution in [0.4, 0.5) is 0 Å². The minimum Gasteiger partial charge on any atom is -0.497 e. The van der Waals surface area contributed by atoms with Crippen molar-refractivity contribution in [3.63, 3.8) is 0 Å². The minimum atomic E-state index is 0.585. The Bertz CT molecular complexity index is 737. The highest BCUT2D eigenvalue weighted by Crippen LogP contribution is 2.32.